The fourth-order valence-corrected chi connectivity index (χ4v) is 2.02. The van der Waals surface area contributed by atoms with Crippen molar-refractivity contribution in [1.82, 2.24) is 0 Å². The Labute approximate surface area is 108 Å². The molecule has 1 aliphatic rings. The predicted octanol–water partition coefficient (Wildman–Crippen LogP) is 3.49. The number of carbonyl (C=O) groups excluding carboxylic acids is 1. The summed E-state index contributed by atoms with van der Waals surface area (Å²) in [6.07, 6.45) is 1.52. The Bertz CT molecular complexity index is 486. The number of nitrogens with zero attached hydrogens (tertiary/aromatic N) is 2. The van der Waals surface area contributed by atoms with Crippen LogP contribution in [-0.4, -0.2) is 11.6 Å². The van der Waals surface area contributed by atoms with E-state index in [1.165, 1.54) is 10.6 Å². The molecule has 18 heavy (non-hydrogen) atoms. The van der Waals surface area contributed by atoms with E-state index in [1.54, 1.807) is 0 Å². The molecule has 0 fully saturated rings. The monoisotopic (exact) mass is 244 g/mol. The van der Waals surface area contributed by atoms with Crippen LogP contribution in [0.2, 0.25) is 0 Å². The van der Waals surface area contributed by atoms with E-state index in [9.17, 15) is 4.79 Å². The predicted molar refractivity (Wildman–Crippen MR) is 75.0 cm³/mol. The third-order valence-corrected chi connectivity index (χ3v) is 3.69. The van der Waals surface area contributed by atoms with Crippen LogP contribution in [0.5, 0.6) is 0 Å². The van der Waals surface area contributed by atoms with Crippen LogP contribution in [0, 0.1) is 0 Å². The summed E-state index contributed by atoms with van der Waals surface area (Å²) in [5.74, 6) is 0.0509. The van der Waals surface area contributed by atoms with Gasteiger partial charge in [0, 0.05) is 5.71 Å². The van der Waals surface area contributed by atoms with Gasteiger partial charge in [0.15, 0.2) is 0 Å². The standard InChI is InChI=1S/C15H20N2O/c1-5-15(3,4)12-6-8-13(9-7-12)17-14(18)10-11(2)16-17/h6-9H,5,10H2,1-4H3. The zero-order valence-electron chi connectivity index (χ0n) is 11.5. The third-order valence-electron chi connectivity index (χ3n) is 3.69. The Morgan fingerprint density at radius 3 is 2.33 bits per heavy atom. The second-order valence-corrected chi connectivity index (χ2v) is 5.50. The molecule has 3 nitrogen and oxygen atoms in total. The molecule has 0 radical (unpaired) electrons. The van der Waals surface area contributed by atoms with Gasteiger partial charge in [-0.1, -0.05) is 32.9 Å². The number of benzene rings is 1. The summed E-state index contributed by atoms with van der Waals surface area (Å²) < 4.78 is 0. The molecule has 1 amide bonds. The maximum Gasteiger partial charge on any atom is 0.253 e. The largest absolute Gasteiger partial charge is 0.272 e. The Kier molecular flexibility index (Phi) is 3.24. The molecular weight excluding hydrogens is 224 g/mol. The molecule has 1 heterocycles. The van der Waals surface area contributed by atoms with Gasteiger partial charge in [-0.15, -0.1) is 0 Å². The average Bonchev–Trinajstić information content (AvgIpc) is 2.69. The van der Waals surface area contributed by atoms with Crippen LogP contribution >= 0.6 is 0 Å². The van der Waals surface area contributed by atoms with Gasteiger partial charge in [-0.25, -0.2) is 5.01 Å². The Balaban J connectivity index is 2.26. The lowest BCUT2D eigenvalue weighted by Gasteiger charge is -2.24. The highest BCUT2D eigenvalue weighted by atomic mass is 16.2. The SMILES string of the molecule is CCC(C)(C)c1ccc(N2N=C(C)CC2=O)cc1. The zero-order chi connectivity index (χ0) is 13.3. The summed E-state index contributed by atoms with van der Waals surface area (Å²) in [6.45, 7) is 8.52. The quantitative estimate of drug-likeness (QED) is 0.801. The van der Waals surface area contributed by atoms with Crippen molar-refractivity contribution in [2.75, 3.05) is 5.01 Å². The molecule has 3 heteroatoms. The van der Waals surface area contributed by atoms with Gasteiger partial charge in [0.25, 0.3) is 5.91 Å². The normalized spacial score (nSPS) is 16.1. The molecule has 0 spiro atoms. The van der Waals surface area contributed by atoms with Crippen molar-refractivity contribution < 1.29 is 4.79 Å². The molecule has 1 aromatic rings. The maximum atomic E-state index is 11.7. The lowest BCUT2D eigenvalue weighted by molar-refractivity contribution is -0.116. The van der Waals surface area contributed by atoms with Crippen molar-refractivity contribution in [2.24, 2.45) is 5.10 Å². The van der Waals surface area contributed by atoms with Crippen molar-refractivity contribution in [3.05, 3.63) is 29.8 Å². The first-order chi connectivity index (χ1) is 8.44. The van der Waals surface area contributed by atoms with Gasteiger partial charge in [-0.3, -0.25) is 4.79 Å². The molecule has 0 aromatic heterocycles. The summed E-state index contributed by atoms with van der Waals surface area (Å²) in [4.78, 5) is 11.7. The minimum absolute atomic E-state index is 0.0509. The molecule has 0 saturated heterocycles. The highest BCUT2D eigenvalue weighted by molar-refractivity contribution is 6.12. The summed E-state index contributed by atoms with van der Waals surface area (Å²) in [5, 5.41) is 5.75. The topological polar surface area (TPSA) is 32.7 Å². The molecule has 0 saturated carbocycles. The van der Waals surface area contributed by atoms with E-state index < -0.39 is 0 Å². The molecule has 0 bridgehead atoms. The first kappa shape index (κ1) is 12.8. The van der Waals surface area contributed by atoms with Crippen molar-refractivity contribution >= 4 is 17.3 Å². The molecule has 96 valence electrons. The van der Waals surface area contributed by atoms with E-state index in [0.717, 1.165) is 17.8 Å². The second kappa shape index (κ2) is 4.56. The number of hydrogen-bond acceptors (Lipinski definition) is 2. The molecule has 1 aromatic carbocycles. The van der Waals surface area contributed by atoms with Crippen molar-refractivity contribution in [1.29, 1.82) is 0 Å². The van der Waals surface area contributed by atoms with Gasteiger partial charge in [0.05, 0.1) is 12.1 Å². The van der Waals surface area contributed by atoms with Gasteiger partial charge in [-0.05, 0) is 36.5 Å². The second-order valence-electron chi connectivity index (χ2n) is 5.50. The Morgan fingerprint density at radius 1 is 1.28 bits per heavy atom. The lowest BCUT2D eigenvalue weighted by atomic mass is 9.82. The molecule has 0 atom stereocenters. The zero-order valence-corrected chi connectivity index (χ0v) is 11.5. The molecule has 0 aliphatic carbocycles. The van der Waals surface area contributed by atoms with Gasteiger partial charge in [-0.2, -0.15) is 5.10 Å². The van der Waals surface area contributed by atoms with E-state index >= 15 is 0 Å². The van der Waals surface area contributed by atoms with Gasteiger partial charge >= 0.3 is 0 Å². The van der Waals surface area contributed by atoms with Crippen molar-refractivity contribution in [3.63, 3.8) is 0 Å². The smallest absolute Gasteiger partial charge is 0.253 e. The van der Waals surface area contributed by atoms with E-state index in [1.807, 2.05) is 19.1 Å². The minimum Gasteiger partial charge on any atom is -0.272 e. The van der Waals surface area contributed by atoms with Gasteiger partial charge in [0.1, 0.15) is 0 Å². The van der Waals surface area contributed by atoms with E-state index in [4.69, 9.17) is 0 Å². The molecule has 0 unspecified atom stereocenters. The third kappa shape index (κ3) is 2.30. The Morgan fingerprint density at radius 2 is 1.89 bits per heavy atom. The first-order valence-corrected chi connectivity index (χ1v) is 6.41. The van der Waals surface area contributed by atoms with Crippen LogP contribution < -0.4 is 5.01 Å². The summed E-state index contributed by atoms with van der Waals surface area (Å²) in [5.41, 5.74) is 3.19. The summed E-state index contributed by atoms with van der Waals surface area (Å²) in [7, 11) is 0. The van der Waals surface area contributed by atoms with Crippen LogP contribution in [0.4, 0.5) is 5.69 Å². The van der Waals surface area contributed by atoms with Crippen LogP contribution in [0.25, 0.3) is 0 Å². The summed E-state index contributed by atoms with van der Waals surface area (Å²) >= 11 is 0. The number of amides is 1. The highest BCUT2D eigenvalue weighted by Gasteiger charge is 2.23. The van der Waals surface area contributed by atoms with Crippen LogP contribution in [0.1, 0.15) is 46.1 Å². The van der Waals surface area contributed by atoms with Gasteiger partial charge in [0.2, 0.25) is 0 Å². The fourth-order valence-electron chi connectivity index (χ4n) is 2.02. The number of hydrogen-bond donors (Lipinski definition) is 0. The number of anilines is 1. The van der Waals surface area contributed by atoms with Crippen molar-refractivity contribution in [2.45, 2.75) is 46.0 Å². The lowest BCUT2D eigenvalue weighted by Crippen LogP contribution is -2.20. The number of hydrazone groups is 1. The van der Waals surface area contributed by atoms with Crippen LogP contribution in [-0.2, 0) is 10.2 Å². The molecule has 1 aliphatic heterocycles. The highest BCUT2D eigenvalue weighted by Crippen LogP contribution is 2.29. The average molecular weight is 244 g/mol. The minimum atomic E-state index is 0.0509. The maximum absolute atomic E-state index is 11.7. The fraction of sp³-hybridized carbons (Fsp3) is 0.467. The molecular formula is C15H20N2O. The molecule has 0 N–H and O–H groups in total. The van der Waals surface area contributed by atoms with E-state index in [0.29, 0.717) is 6.42 Å². The number of carbonyl (C=O) groups is 1. The van der Waals surface area contributed by atoms with Crippen LogP contribution in [0.15, 0.2) is 29.4 Å². The van der Waals surface area contributed by atoms with Gasteiger partial charge < -0.3 is 0 Å². The summed E-state index contributed by atoms with van der Waals surface area (Å²) in [6, 6.07) is 8.14. The Hall–Kier alpha value is -1.64. The first-order valence-electron chi connectivity index (χ1n) is 6.41. The molecule has 2 rings (SSSR count). The van der Waals surface area contributed by atoms with E-state index in [2.05, 4.69) is 38.0 Å². The number of rotatable bonds is 3. The van der Waals surface area contributed by atoms with E-state index in [-0.39, 0.29) is 11.3 Å². The van der Waals surface area contributed by atoms with Crippen LogP contribution in [0.3, 0.4) is 0 Å². The van der Waals surface area contributed by atoms with Crippen molar-refractivity contribution in [3.8, 4) is 0 Å².